The van der Waals surface area contributed by atoms with Gasteiger partial charge in [-0.2, -0.15) is 10.1 Å². The summed E-state index contributed by atoms with van der Waals surface area (Å²) in [5.41, 5.74) is 3.26. The van der Waals surface area contributed by atoms with Crippen LogP contribution in [0.4, 0.5) is 17.6 Å². The minimum atomic E-state index is -0.299. The number of hydrogen-bond acceptors (Lipinski definition) is 7. The van der Waals surface area contributed by atoms with Gasteiger partial charge in [0.2, 0.25) is 11.9 Å². The molecular weight excluding hydrogens is 370 g/mol. The van der Waals surface area contributed by atoms with E-state index in [-0.39, 0.29) is 25.1 Å². The number of aliphatic hydroxyl groups is 1. The van der Waals surface area contributed by atoms with Crippen LogP contribution < -0.4 is 15.5 Å². The average molecular weight is 399 g/mol. The zero-order chi connectivity index (χ0) is 20.4. The van der Waals surface area contributed by atoms with Crippen molar-refractivity contribution in [3.05, 3.63) is 23.0 Å². The van der Waals surface area contributed by atoms with E-state index in [2.05, 4.69) is 34.7 Å². The third kappa shape index (κ3) is 4.05. The van der Waals surface area contributed by atoms with Crippen molar-refractivity contribution in [3.8, 4) is 0 Å². The summed E-state index contributed by atoms with van der Waals surface area (Å²) in [5, 5.41) is 22.6. The van der Waals surface area contributed by atoms with E-state index >= 15 is 0 Å². The zero-order valence-electron chi connectivity index (χ0n) is 17.0. The molecule has 4 rings (SSSR count). The molecule has 29 heavy (non-hydrogen) atoms. The summed E-state index contributed by atoms with van der Waals surface area (Å²) in [6, 6.07) is 1.71. The summed E-state index contributed by atoms with van der Waals surface area (Å²) in [5.74, 6) is 2.41. The van der Waals surface area contributed by atoms with Crippen LogP contribution in [0.3, 0.4) is 0 Å². The largest absolute Gasteiger partial charge is 0.395 e. The van der Waals surface area contributed by atoms with Crippen molar-refractivity contribution in [1.82, 2.24) is 25.5 Å². The Hall–Kier alpha value is -2.68. The smallest absolute Gasteiger partial charge is 0.242 e. The van der Waals surface area contributed by atoms with Crippen molar-refractivity contribution in [1.29, 1.82) is 0 Å². The Bertz CT molecular complexity index is 880. The minimum absolute atomic E-state index is 0.0656. The zero-order valence-corrected chi connectivity index (χ0v) is 17.0. The lowest BCUT2D eigenvalue weighted by atomic mass is 10.1. The minimum Gasteiger partial charge on any atom is -0.395 e. The Morgan fingerprint density at radius 3 is 2.97 bits per heavy atom. The van der Waals surface area contributed by atoms with Crippen molar-refractivity contribution in [3.63, 3.8) is 0 Å². The van der Waals surface area contributed by atoms with Crippen molar-refractivity contribution < 1.29 is 9.90 Å². The molecule has 1 amide bonds. The highest BCUT2D eigenvalue weighted by Gasteiger charge is 2.33. The molecule has 2 aromatic heterocycles. The molecule has 1 aliphatic heterocycles. The molecular formula is C20H29N7O2. The van der Waals surface area contributed by atoms with Crippen LogP contribution in [-0.4, -0.2) is 56.9 Å². The SMILES string of the molecule is CC(C)c1cc(Nc2nc(N3CCC[C@H]3C(=O)NCCO)nc3c2CCC3)n[nH]1. The molecule has 0 unspecified atom stereocenters. The van der Waals surface area contributed by atoms with Crippen LogP contribution in [0.2, 0.25) is 0 Å². The first-order chi connectivity index (χ1) is 14.1. The van der Waals surface area contributed by atoms with Gasteiger partial charge < -0.3 is 20.6 Å². The standard InChI is InChI=1S/C20H29N7O2/c1-12(2)15-11-17(26-25-15)23-18-13-5-3-6-14(13)22-20(24-18)27-9-4-7-16(27)19(29)21-8-10-28/h11-12,16,28H,3-10H2,1-2H3,(H,21,29)(H2,22,23,24,25,26)/t16-/m0/s1. The first kappa shape index (κ1) is 19.6. The van der Waals surface area contributed by atoms with Gasteiger partial charge in [-0.15, -0.1) is 0 Å². The predicted octanol–water partition coefficient (Wildman–Crippen LogP) is 1.63. The number of carbonyl (C=O) groups excluding carboxylic acids is 1. The van der Waals surface area contributed by atoms with Crippen LogP contribution in [-0.2, 0) is 17.6 Å². The number of aliphatic hydroxyl groups excluding tert-OH is 1. The number of anilines is 3. The van der Waals surface area contributed by atoms with E-state index in [4.69, 9.17) is 15.1 Å². The highest BCUT2D eigenvalue weighted by Crippen LogP contribution is 2.32. The molecule has 0 saturated carbocycles. The van der Waals surface area contributed by atoms with Gasteiger partial charge in [-0.05, 0) is 38.0 Å². The molecule has 0 bridgehead atoms. The third-order valence-electron chi connectivity index (χ3n) is 5.61. The first-order valence-electron chi connectivity index (χ1n) is 10.4. The van der Waals surface area contributed by atoms with E-state index in [1.54, 1.807) is 0 Å². The van der Waals surface area contributed by atoms with E-state index < -0.39 is 0 Å². The highest BCUT2D eigenvalue weighted by molar-refractivity contribution is 5.85. The van der Waals surface area contributed by atoms with Crippen molar-refractivity contribution in [2.45, 2.75) is 57.9 Å². The molecule has 2 aliphatic rings. The molecule has 1 saturated heterocycles. The van der Waals surface area contributed by atoms with Gasteiger partial charge in [-0.1, -0.05) is 13.8 Å². The fraction of sp³-hybridized carbons (Fsp3) is 0.600. The lowest BCUT2D eigenvalue weighted by Crippen LogP contribution is -2.44. The van der Waals surface area contributed by atoms with Gasteiger partial charge in [0.1, 0.15) is 11.9 Å². The Balaban J connectivity index is 1.61. The van der Waals surface area contributed by atoms with E-state index in [0.29, 0.717) is 11.9 Å². The molecule has 9 heteroatoms. The summed E-state index contributed by atoms with van der Waals surface area (Å²) in [4.78, 5) is 24.1. The number of aromatic amines is 1. The second-order valence-electron chi connectivity index (χ2n) is 8.01. The van der Waals surface area contributed by atoms with Crippen LogP contribution >= 0.6 is 0 Å². The number of rotatable bonds is 7. The Morgan fingerprint density at radius 2 is 2.21 bits per heavy atom. The highest BCUT2D eigenvalue weighted by atomic mass is 16.3. The molecule has 9 nitrogen and oxygen atoms in total. The summed E-state index contributed by atoms with van der Waals surface area (Å²) < 4.78 is 0. The maximum Gasteiger partial charge on any atom is 0.242 e. The quantitative estimate of drug-likeness (QED) is 0.559. The average Bonchev–Trinajstić information content (AvgIpc) is 3.45. The molecule has 0 radical (unpaired) electrons. The van der Waals surface area contributed by atoms with Crippen molar-refractivity contribution in [2.24, 2.45) is 0 Å². The van der Waals surface area contributed by atoms with Crippen molar-refractivity contribution in [2.75, 3.05) is 29.9 Å². The van der Waals surface area contributed by atoms with Gasteiger partial charge in [0.25, 0.3) is 0 Å². The second kappa shape index (κ2) is 8.36. The number of aryl methyl sites for hydroxylation is 1. The van der Waals surface area contributed by atoms with Gasteiger partial charge in [0, 0.05) is 30.4 Å². The summed E-state index contributed by atoms with van der Waals surface area (Å²) in [7, 11) is 0. The fourth-order valence-electron chi connectivity index (χ4n) is 4.04. The number of nitrogens with one attached hydrogen (secondary N) is 3. The molecule has 3 heterocycles. The Kier molecular flexibility index (Phi) is 5.66. The molecule has 0 aromatic carbocycles. The van der Waals surface area contributed by atoms with Crippen molar-refractivity contribution >= 4 is 23.5 Å². The Morgan fingerprint density at radius 1 is 1.34 bits per heavy atom. The first-order valence-corrected chi connectivity index (χ1v) is 10.4. The number of carbonyl (C=O) groups is 1. The lowest BCUT2D eigenvalue weighted by Gasteiger charge is -2.25. The number of nitrogens with zero attached hydrogens (tertiary/aromatic N) is 4. The monoisotopic (exact) mass is 399 g/mol. The van der Waals surface area contributed by atoms with E-state index in [1.807, 2.05) is 11.0 Å². The summed E-state index contributed by atoms with van der Waals surface area (Å²) in [6.07, 6.45) is 4.60. The molecule has 156 valence electrons. The van der Waals surface area contributed by atoms with Crippen LogP contribution in [0.15, 0.2) is 6.07 Å². The van der Waals surface area contributed by atoms with Gasteiger partial charge in [0.05, 0.1) is 12.3 Å². The maximum atomic E-state index is 12.5. The molecule has 1 atom stereocenters. The van der Waals surface area contributed by atoms with E-state index in [1.165, 1.54) is 0 Å². The predicted molar refractivity (Wildman–Crippen MR) is 110 cm³/mol. The van der Waals surface area contributed by atoms with Gasteiger partial charge >= 0.3 is 0 Å². The van der Waals surface area contributed by atoms with Gasteiger partial charge in [0.15, 0.2) is 5.82 Å². The molecule has 1 fully saturated rings. The number of hydrogen-bond donors (Lipinski definition) is 4. The fourth-order valence-corrected chi connectivity index (χ4v) is 4.04. The molecule has 0 spiro atoms. The van der Waals surface area contributed by atoms with E-state index in [0.717, 1.165) is 67.2 Å². The Labute approximate surface area is 170 Å². The second-order valence-corrected chi connectivity index (χ2v) is 8.01. The number of fused-ring (bicyclic) bond motifs is 1. The summed E-state index contributed by atoms with van der Waals surface area (Å²) in [6.45, 7) is 5.18. The van der Waals surface area contributed by atoms with Gasteiger partial charge in [-0.3, -0.25) is 9.89 Å². The van der Waals surface area contributed by atoms with Crippen LogP contribution in [0.25, 0.3) is 0 Å². The van der Waals surface area contributed by atoms with Crippen LogP contribution in [0.1, 0.15) is 56.0 Å². The molecule has 4 N–H and O–H groups in total. The van der Waals surface area contributed by atoms with Gasteiger partial charge in [-0.25, -0.2) is 4.98 Å². The topological polar surface area (TPSA) is 119 Å². The third-order valence-corrected chi connectivity index (χ3v) is 5.61. The summed E-state index contributed by atoms with van der Waals surface area (Å²) >= 11 is 0. The number of H-pyrrole nitrogens is 1. The molecule has 2 aromatic rings. The van der Waals surface area contributed by atoms with Crippen LogP contribution in [0, 0.1) is 0 Å². The van der Waals surface area contributed by atoms with Crippen LogP contribution in [0.5, 0.6) is 0 Å². The molecule has 1 aliphatic carbocycles. The maximum absolute atomic E-state index is 12.5. The van der Waals surface area contributed by atoms with E-state index in [9.17, 15) is 4.79 Å². The number of amides is 1. The number of aromatic nitrogens is 4. The lowest BCUT2D eigenvalue weighted by molar-refractivity contribution is -0.122. The normalized spacial score (nSPS) is 18.3.